The maximum Gasteiger partial charge on any atom is 0.326 e. The summed E-state index contributed by atoms with van der Waals surface area (Å²) in [6.07, 6.45) is -1.22. The first-order valence-electron chi connectivity index (χ1n) is 7.94. The average molecular weight is 405 g/mol. The van der Waals surface area contributed by atoms with Gasteiger partial charge in [-0.15, -0.1) is 0 Å². The first kappa shape index (κ1) is 24.7. The molecule has 0 radical (unpaired) electrons. The quantitative estimate of drug-likeness (QED) is 0.145. The number of primary amides is 1. The number of aliphatic hydroxyl groups is 1. The van der Waals surface area contributed by atoms with E-state index < -0.39 is 73.3 Å². The number of aliphatic carboxylic acids is 2. The van der Waals surface area contributed by atoms with Crippen LogP contribution in [-0.2, 0) is 28.8 Å². The van der Waals surface area contributed by atoms with Crippen LogP contribution < -0.4 is 27.4 Å². The third kappa shape index (κ3) is 10.0. The number of carbonyl (C=O) groups is 6. The molecule has 28 heavy (non-hydrogen) atoms. The largest absolute Gasteiger partial charge is 0.481 e. The van der Waals surface area contributed by atoms with Crippen molar-refractivity contribution in [1.29, 1.82) is 0 Å². The summed E-state index contributed by atoms with van der Waals surface area (Å²) in [6.45, 7) is -1.55. The Morgan fingerprint density at radius 3 is 2.00 bits per heavy atom. The molecule has 0 aromatic heterocycles. The van der Waals surface area contributed by atoms with Gasteiger partial charge in [0.2, 0.25) is 23.6 Å². The van der Waals surface area contributed by atoms with E-state index in [4.69, 9.17) is 21.7 Å². The second-order valence-corrected chi connectivity index (χ2v) is 5.63. The predicted octanol–water partition coefficient (Wildman–Crippen LogP) is -4.78. The molecule has 0 saturated heterocycles. The minimum atomic E-state index is -1.58. The number of carboxylic acid groups (broad SMARTS) is 2. The molecule has 0 rings (SSSR count). The zero-order valence-corrected chi connectivity index (χ0v) is 14.7. The lowest BCUT2D eigenvalue weighted by Gasteiger charge is -2.19. The first-order valence-corrected chi connectivity index (χ1v) is 7.94. The van der Waals surface area contributed by atoms with Gasteiger partial charge < -0.3 is 42.7 Å². The lowest BCUT2D eigenvalue weighted by atomic mass is 10.1. The summed E-state index contributed by atoms with van der Waals surface area (Å²) in [7, 11) is 0. The second kappa shape index (κ2) is 12.2. The van der Waals surface area contributed by atoms with Crippen LogP contribution in [0.25, 0.3) is 0 Å². The van der Waals surface area contributed by atoms with Gasteiger partial charge in [-0.2, -0.15) is 0 Å². The number of hydrogen-bond donors (Lipinski definition) is 8. The zero-order valence-electron chi connectivity index (χ0n) is 14.7. The van der Waals surface area contributed by atoms with Crippen molar-refractivity contribution in [3.63, 3.8) is 0 Å². The standard InChI is InChI=1S/C14H23N5O9/c15-6(1-2-11(23)24)12(25)19-8(5-20)13(26)17-4-10(22)18-7(14(27)28)3-9(16)21/h6-8,20H,1-5,15H2,(H2,16,21)(H,17,26)(H,18,22)(H,19,25)(H,23,24)(H,27,28). The van der Waals surface area contributed by atoms with Gasteiger partial charge >= 0.3 is 11.9 Å². The van der Waals surface area contributed by atoms with E-state index in [0.29, 0.717) is 0 Å². The highest BCUT2D eigenvalue weighted by Crippen LogP contribution is 1.96. The first-order chi connectivity index (χ1) is 13.0. The van der Waals surface area contributed by atoms with Crippen LogP contribution in [0.15, 0.2) is 0 Å². The van der Waals surface area contributed by atoms with E-state index >= 15 is 0 Å². The normalized spacial score (nSPS) is 13.5. The van der Waals surface area contributed by atoms with Crippen LogP contribution in [0.1, 0.15) is 19.3 Å². The highest BCUT2D eigenvalue weighted by Gasteiger charge is 2.25. The number of amides is 4. The van der Waals surface area contributed by atoms with Crippen LogP contribution in [0.2, 0.25) is 0 Å². The van der Waals surface area contributed by atoms with E-state index in [1.165, 1.54) is 0 Å². The van der Waals surface area contributed by atoms with Crippen LogP contribution in [0.5, 0.6) is 0 Å². The summed E-state index contributed by atoms with van der Waals surface area (Å²) < 4.78 is 0. The van der Waals surface area contributed by atoms with Crippen molar-refractivity contribution in [2.24, 2.45) is 11.5 Å². The minimum Gasteiger partial charge on any atom is -0.481 e. The predicted molar refractivity (Wildman–Crippen MR) is 90.2 cm³/mol. The molecule has 0 aliphatic carbocycles. The van der Waals surface area contributed by atoms with Crippen molar-refractivity contribution in [3.8, 4) is 0 Å². The lowest BCUT2D eigenvalue weighted by molar-refractivity contribution is -0.143. The van der Waals surface area contributed by atoms with Gasteiger partial charge in [0, 0.05) is 6.42 Å². The van der Waals surface area contributed by atoms with E-state index in [9.17, 15) is 33.9 Å². The van der Waals surface area contributed by atoms with Crippen molar-refractivity contribution in [3.05, 3.63) is 0 Å². The average Bonchev–Trinajstić information content (AvgIpc) is 2.60. The molecular formula is C14H23N5O9. The molecule has 14 heteroatoms. The van der Waals surface area contributed by atoms with Crippen LogP contribution in [0, 0.1) is 0 Å². The molecule has 14 nitrogen and oxygen atoms in total. The lowest BCUT2D eigenvalue weighted by Crippen LogP contribution is -2.55. The highest BCUT2D eigenvalue weighted by molar-refractivity contribution is 5.93. The molecule has 0 aliphatic heterocycles. The SMILES string of the molecule is NC(=O)CC(NC(=O)CNC(=O)C(CO)NC(=O)C(N)CCC(=O)O)C(=O)O. The van der Waals surface area contributed by atoms with Crippen LogP contribution in [-0.4, -0.2) is 82.2 Å². The fourth-order valence-electron chi connectivity index (χ4n) is 1.82. The van der Waals surface area contributed by atoms with Crippen LogP contribution in [0.3, 0.4) is 0 Å². The third-order valence-corrected chi connectivity index (χ3v) is 3.28. The number of rotatable bonds is 13. The molecule has 0 saturated carbocycles. The van der Waals surface area contributed by atoms with Crippen molar-refractivity contribution in [1.82, 2.24) is 16.0 Å². The summed E-state index contributed by atoms with van der Waals surface area (Å²) >= 11 is 0. The smallest absolute Gasteiger partial charge is 0.326 e. The summed E-state index contributed by atoms with van der Waals surface area (Å²) in [6, 6.07) is -4.29. The molecule has 0 aromatic rings. The molecule has 158 valence electrons. The Morgan fingerprint density at radius 2 is 1.54 bits per heavy atom. The second-order valence-electron chi connectivity index (χ2n) is 5.63. The molecule has 0 bridgehead atoms. The zero-order chi connectivity index (χ0) is 21.9. The van der Waals surface area contributed by atoms with Crippen LogP contribution >= 0.6 is 0 Å². The number of nitrogens with two attached hydrogens (primary N) is 2. The fourth-order valence-corrected chi connectivity index (χ4v) is 1.82. The molecule has 3 unspecified atom stereocenters. The molecule has 0 aliphatic rings. The molecule has 0 fully saturated rings. The summed E-state index contributed by atoms with van der Waals surface area (Å²) in [5.74, 6) is -6.44. The van der Waals surface area contributed by atoms with E-state index in [2.05, 4.69) is 10.6 Å². The Hall–Kier alpha value is -3.26. The Balaban J connectivity index is 4.58. The van der Waals surface area contributed by atoms with Gasteiger partial charge in [-0.3, -0.25) is 24.0 Å². The Kier molecular flexibility index (Phi) is 10.8. The van der Waals surface area contributed by atoms with Gasteiger partial charge in [0.25, 0.3) is 0 Å². The highest BCUT2D eigenvalue weighted by atomic mass is 16.4. The third-order valence-electron chi connectivity index (χ3n) is 3.28. The van der Waals surface area contributed by atoms with E-state index in [1.807, 2.05) is 5.32 Å². The van der Waals surface area contributed by atoms with E-state index in [1.54, 1.807) is 0 Å². The number of hydrogen-bond acceptors (Lipinski definition) is 8. The molecule has 10 N–H and O–H groups in total. The number of carbonyl (C=O) groups excluding carboxylic acids is 4. The molecule has 3 atom stereocenters. The summed E-state index contributed by atoms with van der Waals surface area (Å²) in [4.78, 5) is 67.5. The topological polar surface area (TPSA) is 251 Å². The fraction of sp³-hybridized carbons (Fsp3) is 0.571. The van der Waals surface area contributed by atoms with E-state index in [-0.39, 0.29) is 12.8 Å². The molecule has 0 spiro atoms. The minimum absolute atomic E-state index is 0.195. The summed E-state index contributed by atoms with van der Waals surface area (Å²) in [5.41, 5.74) is 10.3. The van der Waals surface area contributed by atoms with Gasteiger partial charge in [0.05, 0.1) is 25.6 Å². The molecule has 0 heterocycles. The van der Waals surface area contributed by atoms with E-state index in [0.717, 1.165) is 0 Å². The van der Waals surface area contributed by atoms with Crippen molar-refractivity contribution >= 4 is 35.6 Å². The van der Waals surface area contributed by atoms with Crippen molar-refractivity contribution < 1.29 is 44.1 Å². The Bertz CT molecular complexity index is 624. The van der Waals surface area contributed by atoms with Gasteiger partial charge in [-0.05, 0) is 6.42 Å². The van der Waals surface area contributed by atoms with Gasteiger partial charge in [0.1, 0.15) is 12.1 Å². The molecule has 4 amide bonds. The van der Waals surface area contributed by atoms with Gasteiger partial charge in [-0.25, -0.2) is 4.79 Å². The Labute approximate surface area is 158 Å². The van der Waals surface area contributed by atoms with Crippen molar-refractivity contribution in [2.75, 3.05) is 13.2 Å². The van der Waals surface area contributed by atoms with Gasteiger partial charge in [0.15, 0.2) is 0 Å². The number of carboxylic acids is 2. The monoisotopic (exact) mass is 405 g/mol. The maximum atomic E-state index is 11.9. The maximum absolute atomic E-state index is 11.9. The Morgan fingerprint density at radius 1 is 0.929 bits per heavy atom. The number of nitrogens with one attached hydrogen (secondary N) is 3. The molecule has 0 aromatic carbocycles. The molecular weight excluding hydrogens is 382 g/mol. The number of aliphatic hydroxyl groups excluding tert-OH is 1. The summed E-state index contributed by atoms with van der Waals surface area (Å²) in [5, 5.41) is 32.7. The van der Waals surface area contributed by atoms with Gasteiger partial charge in [-0.1, -0.05) is 0 Å². The van der Waals surface area contributed by atoms with Crippen molar-refractivity contribution in [2.45, 2.75) is 37.4 Å². The van der Waals surface area contributed by atoms with Crippen LogP contribution in [0.4, 0.5) is 0 Å².